The summed E-state index contributed by atoms with van der Waals surface area (Å²) in [6.07, 6.45) is 6.96. The summed E-state index contributed by atoms with van der Waals surface area (Å²) in [6, 6.07) is 0.927. The Balaban J connectivity index is 2.44. The Morgan fingerprint density at radius 1 is 1.22 bits per heavy atom. The Kier molecular flexibility index (Phi) is 8.38. The van der Waals surface area contributed by atoms with E-state index >= 15 is 0 Å². The molecule has 0 saturated heterocycles. The highest BCUT2D eigenvalue weighted by molar-refractivity contribution is 5.67. The number of unbranched alkanes of at least 4 members (excludes halogenated alkanes) is 1. The van der Waals surface area contributed by atoms with E-state index in [4.69, 9.17) is 4.74 Å². The number of alkyl carbamates (subject to hydrolysis) is 1. The molecule has 1 rings (SSSR count). The van der Waals surface area contributed by atoms with Crippen molar-refractivity contribution in [1.29, 1.82) is 0 Å². The molecule has 1 amide bonds. The minimum Gasteiger partial charge on any atom is -0.444 e. The molecule has 0 aromatic carbocycles. The Labute approximate surface area is 143 Å². The minimum absolute atomic E-state index is 0.313. The van der Waals surface area contributed by atoms with Gasteiger partial charge in [0.2, 0.25) is 0 Å². The van der Waals surface area contributed by atoms with Crippen LogP contribution in [0.5, 0.6) is 0 Å². The van der Waals surface area contributed by atoms with Crippen molar-refractivity contribution >= 4 is 6.09 Å². The summed E-state index contributed by atoms with van der Waals surface area (Å²) in [6.45, 7) is 13.3. The summed E-state index contributed by atoms with van der Waals surface area (Å²) in [5.41, 5.74) is -0.439. The quantitative estimate of drug-likeness (QED) is 0.725. The third kappa shape index (κ3) is 8.59. The van der Waals surface area contributed by atoms with Crippen LogP contribution in [0.25, 0.3) is 0 Å². The number of nitrogens with one attached hydrogen (secondary N) is 2. The standard InChI is InChI=1S/C19H38N2O2/c1-7-8-9-17(13-20-18(22)23-19(4,5)6)21-16-11-10-14(2)15(3)12-16/h14-17,21H,7-13H2,1-6H3,(H,20,22). The maximum atomic E-state index is 11.9. The molecular formula is C19H38N2O2. The van der Waals surface area contributed by atoms with Crippen LogP contribution in [0.2, 0.25) is 0 Å². The predicted molar refractivity (Wildman–Crippen MR) is 96.7 cm³/mol. The molecule has 0 aromatic heterocycles. The average molecular weight is 327 g/mol. The van der Waals surface area contributed by atoms with E-state index in [0.717, 1.165) is 18.3 Å². The lowest BCUT2D eigenvalue weighted by Crippen LogP contribution is -2.48. The molecule has 1 aliphatic rings. The molecule has 4 unspecified atom stereocenters. The molecule has 4 atom stereocenters. The third-order valence-corrected chi connectivity index (χ3v) is 4.87. The van der Waals surface area contributed by atoms with Gasteiger partial charge in [0.1, 0.15) is 5.60 Å². The molecule has 0 aromatic rings. The van der Waals surface area contributed by atoms with Gasteiger partial charge in [0.15, 0.2) is 0 Å². The van der Waals surface area contributed by atoms with Crippen LogP contribution < -0.4 is 10.6 Å². The normalized spacial score (nSPS) is 26.6. The highest BCUT2D eigenvalue weighted by atomic mass is 16.6. The van der Waals surface area contributed by atoms with Gasteiger partial charge in [-0.2, -0.15) is 0 Å². The van der Waals surface area contributed by atoms with Crippen LogP contribution in [0.15, 0.2) is 0 Å². The van der Waals surface area contributed by atoms with Crippen LogP contribution in [-0.2, 0) is 4.74 Å². The van der Waals surface area contributed by atoms with Gasteiger partial charge in [-0.05, 0) is 58.3 Å². The largest absolute Gasteiger partial charge is 0.444 e. The van der Waals surface area contributed by atoms with Crippen LogP contribution in [0, 0.1) is 11.8 Å². The number of rotatable bonds is 7. The zero-order valence-electron chi connectivity index (χ0n) is 16.1. The molecule has 4 heteroatoms. The number of carbonyl (C=O) groups excluding carboxylic acids is 1. The van der Waals surface area contributed by atoms with Gasteiger partial charge in [-0.25, -0.2) is 4.79 Å². The smallest absolute Gasteiger partial charge is 0.407 e. The molecule has 4 nitrogen and oxygen atoms in total. The number of hydrogen-bond donors (Lipinski definition) is 2. The lowest BCUT2D eigenvalue weighted by molar-refractivity contribution is 0.0519. The number of hydrogen-bond acceptors (Lipinski definition) is 3. The van der Waals surface area contributed by atoms with Gasteiger partial charge in [0, 0.05) is 18.6 Å². The molecule has 0 bridgehead atoms. The van der Waals surface area contributed by atoms with E-state index in [9.17, 15) is 4.79 Å². The fraction of sp³-hybridized carbons (Fsp3) is 0.947. The van der Waals surface area contributed by atoms with Crippen molar-refractivity contribution in [2.24, 2.45) is 11.8 Å². The highest BCUT2D eigenvalue weighted by Crippen LogP contribution is 2.29. The Hall–Kier alpha value is -0.770. The molecule has 0 aliphatic heterocycles. The fourth-order valence-electron chi connectivity index (χ4n) is 3.25. The van der Waals surface area contributed by atoms with E-state index in [1.807, 2.05) is 20.8 Å². The third-order valence-electron chi connectivity index (χ3n) is 4.87. The first kappa shape index (κ1) is 20.3. The van der Waals surface area contributed by atoms with E-state index in [0.29, 0.717) is 18.6 Å². The van der Waals surface area contributed by atoms with Crippen LogP contribution in [0.3, 0.4) is 0 Å². The summed E-state index contributed by atoms with van der Waals surface area (Å²) in [4.78, 5) is 11.9. The number of ether oxygens (including phenoxy) is 1. The molecule has 136 valence electrons. The molecule has 0 spiro atoms. The summed E-state index contributed by atoms with van der Waals surface area (Å²) in [7, 11) is 0. The molecule has 1 saturated carbocycles. The minimum atomic E-state index is -0.439. The summed E-state index contributed by atoms with van der Waals surface area (Å²) in [5.74, 6) is 1.62. The first-order valence-corrected chi connectivity index (χ1v) is 9.44. The second-order valence-corrected chi connectivity index (χ2v) is 8.35. The zero-order valence-corrected chi connectivity index (χ0v) is 16.1. The van der Waals surface area contributed by atoms with E-state index in [-0.39, 0.29) is 6.09 Å². The Morgan fingerprint density at radius 2 is 1.91 bits per heavy atom. The van der Waals surface area contributed by atoms with Crippen LogP contribution >= 0.6 is 0 Å². The van der Waals surface area contributed by atoms with Crippen molar-refractivity contribution in [2.75, 3.05) is 6.54 Å². The predicted octanol–water partition coefficient (Wildman–Crippen LogP) is 4.48. The summed E-state index contributed by atoms with van der Waals surface area (Å²) < 4.78 is 5.34. The first-order valence-electron chi connectivity index (χ1n) is 9.44. The van der Waals surface area contributed by atoms with Gasteiger partial charge in [-0.1, -0.05) is 33.6 Å². The van der Waals surface area contributed by atoms with Crippen LogP contribution in [0.1, 0.15) is 80.1 Å². The number of amides is 1. The summed E-state index contributed by atoms with van der Waals surface area (Å²) >= 11 is 0. The monoisotopic (exact) mass is 326 g/mol. The van der Waals surface area contributed by atoms with Gasteiger partial charge in [0.25, 0.3) is 0 Å². The molecule has 23 heavy (non-hydrogen) atoms. The van der Waals surface area contributed by atoms with E-state index in [2.05, 4.69) is 31.4 Å². The van der Waals surface area contributed by atoms with E-state index in [1.54, 1.807) is 0 Å². The number of carbonyl (C=O) groups is 1. The maximum absolute atomic E-state index is 11.9. The first-order chi connectivity index (χ1) is 10.7. The average Bonchev–Trinajstić information content (AvgIpc) is 2.44. The van der Waals surface area contributed by atoms with Crippen molar-refractivity contribution in [1.82, 2.24) is 10.6 Å². The second-order valence-electron chi connectivity index (χ2n) is 8.35. The molecule has 2 N–H and O–H groups in total. The van der Waals surface area contributed by atoms with E-state index < -0.39 is 5.60 Å². The Bertz CT molecular complexity index is 352. The van der Waals surface area contributed by atoms with Crippen molar-refractivity contribution < 1.29 is 9.53 Å². The Morgan fingerprint density at radius 3 is 2.48 bits per heavy atom. The maximum Gasteiger partial charge on any atom is 0.407 e. The lowest BCUT2D eigenvalue weighted by Gasteiger charge is -2.35. The molecule has 0 heterocycles. The van der Waals surface area contributed by atoms with Gasteiger partial charge >= 0.3 is 6.09 Å². The second kappa shape index (κ2) is 9.51. The van der Waals surface area contributed by atoms with Gasteiger partial charge < -0.3 is 15.4 Å². The summed E-state index contributed by atoms with van der Waals surface area (Å²) in [5, 5.41) is 6.72. The van der Waals surface area contributed by atoms with Crippen molar-refractivity contribution in [3.05, 3.63) is 0 Å². The van der Waals surface area contributed by atoms with Crippen molar-refractivity contribution in [2.45, 2.75) is 97.8 Å². The van der Waals surface area contributed by atoms with Crippen molar-refractivity contribution in [3.63, 3.8) is 0 Å². The van der Waals surface area contributed by atoms with Gasteiger partial charge in [-0.15, -0.1) is 0 Å². The van der Waals surface area contributed by atoms with Crippen molar-refractivity contribution in [3.8, 4) is 0 Å². The fourth-order valence-corrected chi connectivity index (χ4v) is 3.25. The highest BCUT2D eigenvalue weighted by Gasteiger charge is 2.26. The van der Waals surface area contributed by atoms with Crippen LogP contribution in [-0.4, -0.2) is 30.3 Å². The van der Waals surface area contributed by atoms with Gasteiger partial charge in [0.05, 0.1) is 0 Å². The van der Waals surface area contributed by atoms with Crippen LogP contribution in [0.4, 0.5) is 4.79 Å². The lowest BCUT2D eigenvalue weighted by atomic mass is 9.79. The topological polar surface area (TPSA) is 50.4 Å². The SMILES string of the molecule is CCCCC(CNC(=O)OC(C)(C)C)NC1CCC(C)C(C)C1. The molecule has 1 aliphatic carbocycles. The molecular weight excluding hydrogens is 288 g/mol. The van der Waals surface area contributed by atoms with E-state index in [1.165, 1.54) is 32.1 Å². The zero-order chi connectivity index (χ0) is 17.5. The molecule has 0 radical (unpaired) electrons. The van der Waals surface area contributed by atoms with Gasteiger partial charge in [-0.3, -0.25) is 0 Å². The molecule has 1 fully saturated rings.